The minimum Gasteiger partial charge on any atom is -0.347 e. The molecule has 1 saturated heterocycles. The van der Waals surface area contributed by atoms with Gasteiger partial charge in [0.05, 0.1) is 5.41 Å². The van der Waals surface area contributed by atoms with Gasteiger partial charge in [0, 0.05) is 13.0 Å². The lowest BCUT2D eigenvalue weighted by Crippen LogP contribution is -2.48. The molecule has 22 heavy (non-hydrogen) atoms. The molecular weight excluding hydrogens is 320 g/mol. The molecular formula is C11H15F6N3O2. The van der Waals surface area contributed by atoms with Crippen LogP contribution in [-0.4, -0.2) is 50.3 Å². The number of rotatable bonds is 5. The Hall–Kier alpha value is -1.52. The molecule has 3 N–H and O–H groups in total. The number of carbonyl (C=O) groups is 2. The summed E-state index contributed by atoms with van der Waals surface area (Å²) in [4.78, 5) is 23.4. The fraction of sp³-hybridized carbons (Fsp3) is 0.818. The lowest BCUT2D eigenvalue weighted by atomic mass is 9.82. The van der Waals surface area contributed by atoms with Crippen molar-refractivity contribution in [1.29, 1.82) is 0 Å². The summed E-state index contributed by atoms with van der Waals surface area (Å²) < 4.78 is 72.3. The molecule has 1 aliphatic heterocycles. The molecule has 0 spiro atoms. The summed E-state index contributed by atoms with van der Waals surface area (Å²) in [6.07, 6.45) is -9.76. The molecule has 1 aliphatic rings. The van der Waals surface area contributed by atoms with Crippen LogP contribution in [0.15, 0.2) is 0 Å². The van der Waals surface area contributed by atoms with Crippen molar-refractivity contribution in [3.8, 4) is 0 Å². The van der Waals surface area contributed by atoms with Crippen LogP contribution in [0.5, 0.6) is 0 Å². The molecule has 0 aromatic heterocycles. The van der Waals surface area contributed by atoms with E-state index in [0.29, 0.717) is 0 Å². The Bertz CT molecular complexity index is 415. The van der Waals surface area contributed by atoms with E-state index in [9.17, 15) is 35.9 Å². The molecule has 1 fully saturated rings. The highest BCUT2D eigenvalue weighted by atomic mass is 19.4. The maximum Gasteiger partial charge on any atom is 0.405 e. The van der Waals surface area contributed by atoms with E-state index < -0.39 is 49.1 Å². The smallest absolute Gasteiger partial charge is 0.347 e. The van der Waals surface area contributed by atoms with Gasteiger partial charge in [0.25, 0.3) is 0 Å². The van der Waals surface area contributed by atoms with E-state index in [-0.39, 0.29) is 19.5 Å². The summed E-state index contributed by atoms with van der Waals surface area (Å²) in [5.74, 6) is -2.04. The van der Waals surface area contributed by atoms with E-state index in [1.165, 1.54) is 0 Å². The van der Waals surface area contributed by atoms with E-state index in [0.717, 1.165) is 0 Å². The SMILES string of the molecule is O=C(CC1(C(=O)NCC(F)(F)F)CCNC1)NCC(F)(F)F. The maximum absolute atomic E-state index is 12.1. The second-order valence-electron chi connectivity index (χ2n) is 5.07. The molecule has 2 amide bonds. The normalized spacial score (nSPS) is 22.5. The molecule has 1 atom stereocenters. The molecule has 1 heterocycles. The Balaban J connectivity index is 2.63. The van der Waals surface area contributed by atoms with Crippen molar-refractivity contribution in [3.05, 3.63) is 0 Å². The molecule has 11 heteroatoms. The standard InChI is InChI=1S/C11H15F6N3O2/c12-10(13,14)5-19-7(21)3-9(1-2-18-4-9)8(22)20-6-11(15,16)17/h18H,1-6H2,(H,19,21)(H,20,22). The molecule has 1 rings (SSSR count). The zero-order chi connectivity index (χ0) is 17.0. The minimum absolute atomic E-state index is 0.0656. The first-order valence-corrected chi connectivity index (χ1v) is 6.33. The molecule has 0 saturated carbocycles. The summed E-state index contributed by atoms with van der Waals surface area (Å²) >= 11 is 0. The Morgan fingerprint density at radius 2 is 1.55 bits per heavy atom. The van der Waals surface area contributed by atoms with Gasteiger partial charge in [-0.2, -0.15) is 26.3 Å². The van der Waals surface area contributed by atoms with Crippen LogP contribution in [0.4, 0.5) is 26.3 Å². The first-order chi connectivity index (χ1) is 9.94. The summed E-state index contributed by atoms with van der Waals surface area (Å²) in [6, 6.07) is 0. The largest absolute Gasteiger partial charge is 0.405 e. The van der Waals surface area contributed by atoms with Gasteiger partial charge < -0.3 is 16.0 Å². The van der Waals surface area contributed by atoms with Crippen LogP contribution in [0.1, 0.15) is 12.8 Å². The molecule has 0 aromatic carbocycles. The molecule has 1 unspecified atom stereocenters. The maximum atomic E-state index is 12.1. The van der Waals surface area contributed by atoms with E-state index >= 15 is 0 Å². The van der Waals surface area contributed by atoms with Crippen LogP contribution < -0.4 is 16.0 Å². The molecule has 0 aromatic rings. The van der Waals surface area contributed by atoms with E-state index in [1.54, 1.807) is 10.6 Å². The number of hydrogen-bond donors (Lipinski definition) is 3. The molecule has 0 bridgehead atoms. The second kappa shape index (κ2) is 6.71. The van der Waals surface area contributed by atoms with Crippen LogP contribution in [0, 0.1) is 5.41 Å². The zero-order valence-electron chi connectivity index (χ0n) is 11.3. The number of hydrogen-bond acceptors (Lipinski definition) is 3. The van der Waals surface area contributed by atoms with Crippen LogP contribution in [0.2, 0.25) is 0 Å². The van der Waals surface area contributed by atoms with Crippen LogP contribution in [-0.2, 0) is 9.59 Å². The number of halogens is 6. The summed E-state index contributed by atoms with van der Waals surface area (Å²) in [7, 11) is 0. The van der Waals surface area contributed by atoms with E-state index in [4.69, 9.17) is 0 Å². The Kier molecular flexibility index (Phi) is 5.65. The number of alkyl halides is 6. The third-order valence-corrected chi connectivity index (χ3v) is 3.16. The predicted molar refractivity (Wildman–Crippen MR) is 62.7 cm³/mol. The van der Waals surface area contributed by atoms with Crippen molar-refractivity contribution >= 4 is 11.8 Å². The van der Waals surface area contributed by atoms with Gasteiger partial charge in [-0.15, -0.1) is 0 Å². The summed E-state index contributed by atoms with van der Waals surface area (Å²) in [5, 5.41) is 6.01. The van der Waals surface area contributed by atoms with Gasteiger partial charge >= 0.3 is 12.4 Å². The second-order valence-corrected chi connectivity index (χ2v) is 5.07. The highest BCUT2D eigenvalue weighted by molar-refractivity contribution is 5.89. The lowest BCUT2D eigenvalue weighted by molar-refractivity contribution is -0.147. The minimum atomic E-state index is -4.61. The van der Waals surface area contributed by atoms with E-state index in [2.05, 4.69) is 5.32 Å². The van der Waals surface area contributed by atoms with E-state index in [1.807, 2.05) is 0 Å². The topological polar surface area (TPSA) is 70.2 Å². The lowest BCUT2D eigenvalue weighted by Gasteiger charge is -2.26. The van der Waals surface area contributed by atoms with Gasteiger partial charge in [-0.3, -0.25) is 9.59 Å². The fourth-order valence-corrected chi connectivity index (χ4v) is 2.11. The Labute approximate surface area is 121 Å². The fourth-order valence-electron chi connectivity index (χ4n) is 2.11. The molecule has 5 nitrogen and oxygen atoms in total. The Morgan fingerprint density at radius 3 is 2.00 bits per heavy atom. The molecule has 128 valence electrons. The average molecular weight is 335 g/mol. The average Bonchev–Trinajstić information content (AvgIpc) is 2.81. The quantitative estimate of drug-likeness (QED) is 0.648. The van der Waals surface area contributed by atoms with Gasteiger partial charge in [0.15, 0.2) is 0 Å². The van der Waals surface area contributed by atoms with Crippen LogP contribution in [0.3, 0.4) is 0 Å². The number of amides is 2. The van der Waals surface area contributed by atoms with Crippen LogP contribution in [0.25, 0.3) is 0 Å². The van der Waals surface area contributed by atoms with Gasteiger partial charge in [0.1, 0.15) is 13.1 Å². The summed E-state index contributed by atoms with van der Waals surface area (Å²) in [6.45, 7) is -2.90. The van der Waals surface area contributed by atoms with Crippen molar-refractivity contribution in [2.45, 2.75) is 25.2 Å². The first-order valence-electron chi connectivity index (χ1n) is 6.33. The predicted octanol–water partition coefficient (Wildman–Crippen LogP) is 0.713. The van der Waals surface area contributed by atoms with Crippen molar-refractivity contribution in [2.24, 2.45) is 5.41 Å². The zero-order valence-corrected chi connectivity index (χ0v) is 11.3. The van der Waals surface area contributed by atoms with Gasteiger partial charge in [-0.25, -0.2) is 0 Å². The highest BCUT2D eigenvalue weighted by Gasteiger charge is 2.44. The number of carbonyl (C=O) groups excluding carboxylic acids is 2. The third kappa shape index (κ3) is 6.08. The van der Waals surface area contributed by atoms with Crippen LogP contribution >= 0.6 is 0 Å². The van der Waals surface area contributed by atoms with Crippen molar-refractivity contribution in [1.82, 2.24) is 16.0 Å². The highest BCUT2D eigenvalue weighted by Crippen LogP contribution is 2.30. The van der Waals surface area contributed by atoms with Gasteiger partial charge in [-0.05, 0) is 13.0 Å². The third-order valence-electron chi connectivity index (χ3n) is 3.16. The van der Waals surface area contributed by atoms with Gasteiger partial charge in [0.2, 0.25) is 11.8 Å². The molecule has 0 radical (unpaired) electrons. The van der Waals surface area contributed by atoms with Crippen molar-refractivity contribution < 1.29 is 35.9 Å². The van der Waals surface area contributed by atoms with Crippen molar-refractivity contribution in [3.63, 3.8) is 0 Å². The first kappa shape index (κ1) is 18.5. The molecule has 0 aliphatic carbocycles. The monoisotopic (exact) mass is 335 g/mol. The van der Waals surface area contributed by atoms with Crippen molar-refractivity contribution in [2.75, 3.05) is 26.2 Å². The Morgan fingerprint density at radius 1 is 1.00 bits per heavy atom. The van der Waals surface area contributed by atoms with Gasteiger partial charge in [-0.1, -0.05) is 0 Å². The summed E-state index contributed by atoms with van der Waals surface area (Å²) in [5.41, 5.74) is -1.47. The number of nitrogens with one attached hydrogen (secondary N) is 3.